The molecule has 1 amide bonds. The number of nitrogens with zero attached hydrogens (tertiary/aromatic N) is 2. The topological polar surface area (TPSA) is 46.3 Å². The van der Waals surface area contributed by atoms with E-state index in [1.54, 1.807) is 12.1 Å². The van der Waals surface area contributed by atoms with E-state index in [0.29, 0.717) is 25.3 Å². The van der Waals surface area contributed by atoms with Crippen LogP contribution in [0.15, 0.2) is 28.8 Å². The van der Waals surface area contributed by atoms with Gasteiger partial charge in [-0.1, -0.05) is 25.9 Å². The second-order valence-corrected chi connectivity index (χ2v) is 6.67. The van der Waals surface area contributed by atoms with E-state index in [4.69, 9.17) is 4.52 Å². The van der Waals surface area contributed by atoms with Crippen molar-refractivity contribution in [2.24, 2.45) is 5.41 Å². The molecule has 4 nitrogen and oxygen atoms in total. The Balaban J connectivity index is 1.86. The van der Waals surface area contributed by atoms with Crippen LogP contribution in [0.2, 0.25) is 0 Å². The van der Waals surface area contributed by atoms with Crippen LogP contribution in [0.1, 0.15) is 32.0 Å². The third-order valence-corrected chi connectivity index (χ3v) is 3.88. The van der Waals surface area contributed by atoms with Gasteiger partial charge >= 0.3 is 0 Å². The SMILES string of the molecule is CC(C)(C)C(=O)N1CCc2c(noc2-c2ccc(F)cc2)C1. The van der Waals surface area contributed by atoms with Crippen LogP contribution in [0, 0.1) is 11.2 Å². The average molecular weight is 302 g/mol. The molecule has 0 saturated carbocycles. The van der Waals surface area contributed by atoms with Crippen molar-refractivity contribution < 1.29 is 13.7 Å². The zero-order valence-electron chi connectivity index (χ0n) is 13.0. The van der Waals surface area contributed by atoms with E-state index in [9.17, 15) is 9.18 Å². The third kappa shape index (κ3) is 2.63. The first-order chi connectivity index (χ1) is 10.4. The van der Waals surface area contributed by atoms with Gasteiger partial charge in [0.1, 0.15) is 11.5 Å². The molecule has 1 aliphatic rings. The summed E-state index contributed by atoms with van der Waals surface area (Å²) in [5, 5.41) is 4.11. The second kappa shape index (κ2) is 5.23. The molecular formula is C17H19FN2O2. The van der Waals surface area contributed by atoms with Gasteiger partial charge in [0.2, 0.25) is 5.91 Å². The quantitative estimate of drug-likeness (QED) is 0.811. The van der Waals surface area contributed by atoms with E-state index >= 15 is 0 Å². The molecule has 22 heavy (non-hydrogen) atoms. The highest BCUT2D eigenvalue weighted by atomic mass is 19.1. The summed E-state index contributed by atoms with van der Waals surface area (Å²) in [5.41, 5.74) is 2.22. The summed E-state index contributed by atoms with van der Waals surface area (Å²) in [5.74, 6) is 0.515. The summed E-state index contributed by atoms with van der Waals surface area (Å²) in [4.78, 5) is 14.2. The van der Waals surface area contributed by atoms with Gasteiger partial charge in [-0.3, -0.25) is 4.79 Å². The number of rotatable bonds is 1. The van der Waals surface area contributed by atoms with Crippen LogP contribution in [0.25, 0.3) is 11.3 Å². The third-order valence-electron chi connectivity index (χ3n) is 3.88. The van der Waals surface area contributed by atoms with Gasteiger partial charge in [-0.05, 0) is 30.7 Å². The van der Waals surface area contributed by atoms with Crippen molar-refractivity contribution in [3.63, 3.8) is 0 Å². The Hall–Kier alpha value is -2.17. The highest BCUT2D eigenvalue weighted by Crippen LogP contribution is 2.31. The minimum atomic E-state index is -0.402. The van der Waals surface area contributed by atoms with Gasteiger partial charge in [-0.25, -0.2) is 4.39 Å². The molecule has 0 fully saturated rings. The maximum absolute atomic E-state index is 13.0. The molecule has 0 radical (unpaired) electrons. The van der Waals surface area contributed by atoms with Gasteiger partial charge in [-0.15, -0.1) is 0 Å². The monoisotopic (exact) mass is 302 g/mol. The molecule has 2 aromatic rings. The highest BCUT2D eigenvalue weighted by molar-refractivity contribution is 5.82. The zero-order valence-corrected chi connectivity index (χ0v) is 13.0. The minimum absolute atomic E-state index is 0.115. The standard InChI is InChI=1S/C17H19FN2O2/c1-17(2,3)16(21)20-9-8-13-14(10-20)19-22-15(13)11-4-6-12(18)7-5-11/h4-7H,8-10H2,1-3H3. The fourth-order valence-corrected chi connectivity index (χ4v) is 2.71. The molecule has 2 heterocycles. The second-order valence-electron chi connectivity index (χ2n) is 6.67. The number of benzene rings is 1. The normalized spacial score (nSPS) is 14.8. The lowest BCUT2D eigenvalue weighted by Crippen LogP contribution is -2.42. The largest absolute Gasteiger partial charge is 0.356 e. The Bertz CT molecular complexity index is 698. The van der Waals surface area contributed by atoms with E-state index in [-0.39, 0.29) is 11.7 Å². The van der Waals surface area contributed by atoms with Crippen molar-refractivity contribution in [3.05, 3.63) is 41.3 Å². The van der Waals surface area contributed by atoms with Crippen LogP contribution in [-0.2, 0) is 17.8 Å². The van der Waals surface area contributed by atoms with Crippen LogP contribution in [0.3, 0.4) is 0 Å². The zero-order chi connectivity index (χ0) is 15.9. The Morgan fingerprint density at radius 3 is 2.59 bits per heavy atom. The first kappa shape index (κ1) is 14.8. The van der Waals surface area contributed by atoms with Crippen LogP contribution in [-0.4, -0.2) is 22.5 Å². The molecule has 1 aromatic heterocycles. The van der Waals surface area contributed by atoms with E-state index in [0.717, 1.165) is 16.8 Å². The Morgan fingerprint density at radius 1 is 1.27 bits per heavy atom. The fourth-order valence-electron chi connectivity index (χ4n) is 2.71. The Morgan fingerprint density at radius 2 is 1.95 bits per heavy atom. The first-order valence-corrected chi connectivity index (χ1v) is 7.39. The fraction of sp³-hybridized carbons (Fsp3) is 0.412. The molecule has 0 bridgehead atoms. The molecule has 116 valence electrons. The lowest BCUT2D eigenvalue weighted by molar-refractivity contribution is -0.140. The number of hydrogen-bond donors (Lipinski definition) is 0. The molecule has 0 saturated heterocycles. The van der Waals surface area contributed by atoms with E-state index in [1.807, 2.05) is 25.7 Å². The summed E-state index contributed by atoms with van der Waals surface area (Å²) in [7, 11) is 0. The smallest absolute Gasteiger partial charge is 0.228 e. The van der Waals surface area contributed by atoms with Gasteiger partial charge in [0.15, 0.2) is 5.76 Å². The number of fused-ring (bicyclic) bond motifs is 1. The van der Waals surface area contributed by atoms with Gasteiger partial charge in [0, 0.05) is 23.1 Å². The molecule has 0 N–H and O–H groups in total. The lowest BCUT2D eigenvalue weighted by atomic mass is 9.92. The molecule has 0 atom stereocenters. The minimum Gasteiger partial charge on any atom is -0.356 e. The van der Waals surface area contributed by atoms with Gasteiger partial charge < -0.3 is 9.42 Å². The predicted octanol–water partition coefficient (Wildman–Crippen LogP) is 3.41. The molecule has 0 aliphatic carbocycles. The molecule has 3 rings (SSSR count). The molecule has 1 aromatic carbocycles. The number of amides is 1. The van der Waals surface area contributed by atoms with Gasteiger partial charge in [-0.2, -0.15) is 0 Å². The molecular weight excluding hydrogens is 283 g/mol. The van der Waals surface area contributed by atoms with Crippen LogP contribution in [0.5, 0.6) is 0 Å². The maximum atomic E-state index is 13.0. The van der Waals surface area contributed by atoms with E-state index < -0.39 is 5.41 Å². The van der Waals surface area contributed by atoms with Crippen molar-refractivity contribution in [2.75, 3.05) is 6.54 Å². The van der Waals surface area contributed by atoms with Gasteiger partial charge in [0.05, 0.1) is 6.54 Å². The van der Waals surface area contributed by atoms with Crippen LogP contribution >= 0.6 is 0 Å². The number of halogens is 1. The molecule has 0 unspecified atom stereocenters. The molecule has 5 heteroatoms. The van der Waals surface area contributed by atoms with Crippen molar-refractivity contribution in [3.8, 4) is 11.3 Å². The number of aromatic nitrogens is 1. The summed E-state index contributed by atoms with van der Waals surface area (Å²) in [6, 6.07) is 6.18. The van der Waals surface area contributed by atoms with E-state index in [2.05, 4.69) is 5.16 Å². The summed E-state index contributed by atoms with van der Waals surface area (Å²) >= 11 is 0. The number of hydrogen-bond acceptors (Lipinski definition) is 3. The van der Waals surface area contributed by atoms with E-state index in [1.165, 1.54) is 12.1 Å². The van der Waals surface area contributed by atoms with Gasteiger partial charge in [0.25, 0.3) is 0 Å². The summed E-state index contributed by atoms with van der Waals surface area (Å²) < 4.78 is 18.5. The number of carbonyl (C=O) groups excluding carboxylic acids is 1. The molecule has 0 spiro atoms. The summed E-state index contributed by atoms with van der Waals surface area (Å²) in [6.45, 7) is 6.86. The Labute approximate surface area is 128 Å². The Kier molecular flexibility index (Phi) is 3.51. The maximum Gasteiger partial charge on any atom is 0.228 e. The van der Waals surface area contributed by atoms with Crippen molar-refractivity contribution in [1.82, 2.24) is 10.1 Å². The van der Waals surface area contributed by atoms with Crippen LogP contribution < -0.4 is 0 Å². The van der Waals surface area contributed by atoms with Crippen molar-refractivity contribution in [2.45, 2.75) is 33.7 Å². The average Bonchev–Trinajstić information content (AvgIpc) is 2.89. The highest BCUT2D eigenvalue weighted by Gasteiger charge is 2.32. The van der Waals surface area contributed by atoms with Crippen LogP contribution in [0.4, 0.5) is 4.39 Å². The predicted molar refractivity (Wildman–Crippen MR) is 80.5 cm³/mol. The van der Waals surface area contributed by atoms with Crippen molar-refractivity contribution in [1.29, 1.82) is 0 Å². The molecule has 1 aliphatic heterocycles. The number of carbonyl (C=O) groups is 1. The lowest BCUT2D eigenvalue weighted by Gasteiger charge is -2.31. The van der Waals surface area contributed by atoms with Crippen molar-refractivity contribution >= 4 is 5.91 Å². The summed E-state index contributed by atoms with van der Waals surface area (Å²) in [6.07, 6.45) is 0.702. The first-order valence-electron chi connectivity index (χ1n) is 7.39.